The number of benzene rings is 1. The van der Waals surface area contributed by atoms with Gasteiger partial charge in [0.25, 0.3) is 0 Å². The minimum absolute atomic E-state index is 0.0330. The zero-order chi connectivity index (χ0) is 20.8. The van der Waals surface area contributed by atoms with Crippen molar-refractivity contribution in [2.45, 2.75) is 33.1 Å². The lowest BCUT2D eigenvalue weighted by atomic mass is 10.1. The molecule has 0 saturated carbocycles. The lowest BCUT2D eigenvalue weighted by molar-refractivity contribution is -0.122. The topological polar surface area (TPSA) is 82.8 Å². The molecule has 2 saturated heterocycles. The minimum atomic E-state index is -0.417. The molecule has 0 bridgehead atoms. The van der Waals surface area contributed by atoms with Crippen molar-refractivity contribution >= 4 is 45.4 Å². The Morgan fingerprint density at radius 2 is 1.83 bits per heavy atom. The Morgan fingerprint density at radius 3 is 2.53 bits per heavy atom. The molecule has 0 radical (unpaired) electrons. The Kier molecular flexibility index (Phi) is 4.69. The van der Waals surface area contributed by atoms with Crippen LogP contribution in [0.5, 0.6) is 0 Å². The third-order valence-electron chi connectivity index (χ3n) is 6.01. The molecule has 0 spiro atoms. The molecule has 30 heavy (non-hydrogen) atoms. The molecule has 0 aliphatic carbocycles. The third-order valence-corrected chi connectivity index (χ3v) is 7.06. The molecule has 2 aliphatic heterocycles. The van der Waals surface area contributed by atoms with Crippen molar-refractivity contribution in [2.24, 2.45) is 5.92 Å². The van der Waals surface area contributed by atoms with Crippen molar-refractivity contribution in [2.75, 3.05) is 34.8 Å². The van der Waals surface area contributed by atoms with Crippen LogP contribution in [0.3, 0.4) is 0 Å². The highest BCUT2D eigenvalue weighted by Crippen LogP contribution is 2.29. The second-order valence-electron chi connectivity index (χ2n) is 7.98. The largest absolute Gasteiger partial charge is 0.372 e. The van der Waals surface area contributed by atoms with E-state index in [9.17, 15) is 9.59 Å². The summed E-state index contributed by atoms with van der Waals surface area (Å²) in [7, 11) is 0. The van der Waals surface area contributed by atoms with Crippen LogP contribution in [0.4, 0.5) is 17.3 Å². The molecule has 2 aliphatic rings. The Balaban J connectivity index is 1.26. The van der Waals surface area contributed by atoms with E-state index in [-0.39, 0.29) is 24.2 Å². The number of carbonyl (C=O) groups excluding carboxylic acids is 2. The van der Waals surface area contributed by atoms with Gasteiger partial charge in [-0.1, -0.05) is 11.3 Å². The number of amides is 2. The summed E-state index contributed by atoms with van der Waals surface area (Å²) in [5.74, 6) is -0.378. The van der Waals surface area contributed by atoms with Gasteiger partial charge < -0.3 is 9.80 Å². The van der Waals surface area contributed by atoms with Gasteiger partial charge in [0.15, 0.2) is 0 Å². The van der Waals surface area contributed by atoms with E-state index in [0.29, 0.717) is 6.54 Å². The Hall–Kier alpha value is -2.94. The van der Waals surface area contributed by atoms with E-state index in [1.165, 1.54) is 29.9 Å². The molecule has 1 unspecified atom stereocenters. The molecule has 4 heterocycles. The maximum atomic E-state index is 12.7. The molecule has 2 amide bonds. The van der Waals surface area contributed by atoms with Gasteiger partial charge in [0.05, 0.1) is 11.6 Å². The van der Waals surface area contributed by atoms with Crippen molar-refractivity contribution in [3.8, 4) is 0 Å². The van der Waals surface area contributed by atoms with Crippen molar-refractivity contribution in [1.82, 2.24) is 14.6 Å². The Labute approximate surface area is 178 Å². The van der Waals surface area contributed by atoms with Gasteiger partial charge in [-0.3, -0.25) is 14.9 Å². The quantitative estimate of drug-likeness (QED) is 0.696. The summed E-state index contributed by atoms with van der Waals surface area (Å²) in [5, 5.41) is 7.15. The Morgan fingerprint density at radius 1 is 1.13 bits per heavy atom. The van der Waals surface area contributed by atoms with Crippen molar-refractivity contribution in [3.05, 3.63) is 34.8 Å². The summed E-state index contributed by atoms with van der Waals surface area (Å²) in [6.45, 7) is 6.53. The summed E-state index contributed by atoms with van der Waals surface area (Å²) in [5.41, 5.74) is 3.04. The number of anilines is 3. The van der Waals surface area contributed by atoms with Crippen molar-refractivity contribution in [3.63, 3.8) is 0 Å². The molecule has 2 fully saturated rings. The average molecular weight is 425 g/mol. The van der Waals surface area contributed by atoms with Gasteiger partial charge in [0.2, 0.25) is 22.7 Å². The fraction of sp³-hybridized carbons (Fsp3) is 0.429. The number of rotatable bonds is 4. The van der Waals surface area contributed by atoms with E-state index in [2.05, 4.69) is 32.4 Å². The number of fused-ring (bicyclic) bond motifs is 1. The van der Waals surface area contributed by atoms with Crippen LogP contribution in [0, 0.1) is 19.8 Å². The van der Waals surface area contributed by atoms with Crippen LogP contribution >= 0.6 is 11.3 Å². The number of thiazole rings is 1. The summed E-state index contributed by atoms with van der Waals surface area (Å²) in [4.78, 5) is 35.6. The van der Waals surface area contributed by atoms with E-state index >= 15 is 0 Å². The van der Waals surface area contributed by atoms with Crippen LogP contribution in [0.1, 0.15) is 29.8 Å². The highest BCUT2D eigenvalue weighted by atomic mass is 32.1. The van der Waals surface area contributed by atoms with Crippen LogP contribution in [-0.4, -0.2) is 46.0 Å². The van der Waals surface area contributed by atoms with Crippen LogP contribution in [-0.2, 0) is 9.59 Å². The van der Waals surface area contributed by atoms with Gasteiger partial charge in [-0.15, -0.1) is 5.10 Å². The standard InChI is InChI=1S/C21H24N6O2S/c1-13-14(2)30-21-23-20(24-27(13)21)22-19(29)15-11-18(28)26(12-15)17-7-5-16(6-8-17)25-9-3-4-10-25/h5-8,15H,3-4,9-12H2,1-2H3,(H,22,24,29). The lowest BCUT2D eigenvalue weighted by Gasteiger charge is -2.20. The van der Waals surface area contributed by atoms with Gasteiger partial charge in [-0.25, -0.2) is 4.52 Å². The number of nitrogens with zero attached hydrogens (tertiary/aromatic N) is 5. The average Bonchev–Trinajstić information content (AvgIpc) is 3.50. The number of hydrogen-bond acceptors (Lipinski definition) is 6. The van der Waals surface area contributed by atoms with E-state index in [1.807, 2.05) is 26.0 Å². The fourth-order valence-electron chi connectivity index (χ4n) is 4.16. The highest BCUT2D eigenvalue weighted by molar-refractivity contribution is 7.17. The zero-order valence-electron chi connectivity index (χ0n) is 17.1. The van der Waals surface area contributed by atoms with Gasteiger partial charge >= 0.3 is 0 Å². The first-order valence-electron chi connectivity index (χ1n) is 10.3. The smallest absolute Gasteiger partial charge is 0.250 e. The predicted octanol–water partition coefficient (Wildman–Crippen LogP) is 3.00. The molecule has 1 atom stereocenters. The molecule has 8 nitrogen and oxygen atoms in total. The fourth-order valence-corrected chi connectivity index (χ4v) is 5.06. The monoisotopic (exact) mass is 424 g/mol. The molecule has 9 heteroatoms. The second-order valence-corrected chi connectivity index (χ2v) is 9.16. The maximum Gasteiger partial charge on any atom is 0.250 e. The minimum Gasteiger partial charge on any atom is -0.372 e. The second kappa shape index (κ2) is 7.39. The molecule has 156 valence electrons. The SMILES string of the molecule is Cc1sc2nc(NC(=O)C3CC(=O)N(c4ccc(N5CCCC5)cc4)C3)nn2c1C. The van der Waals surface area contributed by atoms with E-state index in [4.69, 9.17) is 0 Å². The summed E-state index contributed by atoms with van der Waals surface area (Å²) in [6.07, 6.45) is 2.65. The third kappa shape index (κ3) is 3.32. The van der Waals surface area contributed by atoms with Crippen LogP contribution in [0.25, 0.3) is 4.96 Å². The van der Waals surface area contributed by atoms with Crippen molar-refractivity contribution < 1.29 is 9.59 Å². The van der Waals surface area contributed by atoms with Crippen LogP contribution in [0.2, 0.25) is 0 Å². The molecule has 3 aromatic rings. The van der Waals surface area contributed by atoms with Gasteiger partial charge in [-0.05, 0) is 51.0 Å². The number of aromatic nitrogens is 3. The molecule has 1 N–H and O–H groups in total. The van der Waals surface area contributed by atoms with Crippen LogP contribution < -0.4 is 15.1 Å². The van der Waals surface area contributed by atoms with Gasteiger partial charge in [-0.2, -0.15) is 4.98 Å². The summed E-state index contributed by atoms with van der Waals surface area (Å²) < 4.78 is 1.74. The van der Waals surface area contributed by atoms with E-state index in [1.54, 1.807) is 9.42 Å². The number of carbonyl (C=O) groups is 2. The van der Waals surface area contributed by atoms with E-state index in [0.717, 1.165) is 34.3 Å². The number of aryl methyl sites for hydroxylation is 2. The first-order chi connectivity index (χ1) is 14.5. The normalized spacial score (nSPS) is 19.3. The first kappa shape index (κ1) is 19.0. The molecule has 2 aromatic heterocycles. The molecule has 5 rings (SSSR count). The lowest BCUT2D eigenvalue weighted by Crippen LogP contribution is -2.28. The molecular formula is C21H24N6O2S. The van der Waals surface area contributed by atoms with Crippen molar-refractivity contribution in [1.29, 1.82) is 0 Å². The summed E-state index contributed by atoms with van der Waals surface area (Å²) in [6, 6.07) is 8.07. The predicted molar refractivity (Wildman–Crippen MR) is 117 cm³/mol. The van der Waals surface area contributed by atoms with Gasteiger partial charge in [0.1, 0.15) is 0 Å². The highest BCUT2D eigenvalue weighted by Gasteiger charge is 2.35. The first-order valence-corrected chi connectivity index (χ1v) is 11.1. The van der Waals surface area contributed by atoms with Crippen LogP contribution in [0.15, 0.2) is 24.3 Å². The zero-order valence-corrected chi connectivity index (χ0v) is 17.9. The molecular weight excluding hydrogens is 400 g/mol. The number of nitrogens with one attached hydrogen (secondary N) is 1. The van der Waals surface area contributed by atoms with Gasteiger partial charge in [0, 0.05) is 42.3 Å². The van der Waals surface area contributed by atoms with E-state index < -0.39 is 5.92 Å². The number of hydrogen-bond donors (Lipinski definition) is 1. The maximum absolute atomic E-state index is 12.7. The molecule has 1 aromatic carbocycles. The Bertz CT molecular complexity index is 1110. The summed E-state index contributed by atoms with van der Waals surface area (Å²) >= 11 is 1.54.